The molecule has 3 aromatic carbocycles. The first-order valence-electron chi connectivity index (χ1n) is 12.7. The van der Waals surface area contributed by atoms with E-state index in [0.29, 0.717) is 13.0 Å². The number of fused-ring (bicyclic) bond motifs is 4. The maximum absolute atomic E-state index is 12.6. The van der Waals surface area contributed by atoms with Gasteiger partial charge in [0.2, 0.25) is 0 Å². The molecule has 1 aromatic heterocycles. The van der Waals surface area contributed by atoms with Crippen LogP contribution in [0.2, 0.25) is 0 Å². The zero-order valence-electron chi connectivity index (χ0n) is 20.7. The number of ether oxygens (including phenoxy) is 1. The van der Waals surface area contributed by atoms with E-state index < -0.39 is 5.60 Å². The molecule has 6 rings (SSSR count). The molecule has 4 nitrogen and oxygen atoms in total. The van der Waals surface area contributed by atoms with Crippen molar-refractivity contribution in [3.05, 3.63) is 101 Å². The van der Waals surface area contributed by atoms with E-state index in [9.17, 15) is 5.11 Å². The summed E-state index contributed by atoms with van der Waals surface area (Å²) in [7, 11) is 1.72. The van der Waals surface area contributed by atoms with Gasteiger partial charge in [0, 0.05) is 47.9 Å². The van der Waals surface area contributed by atoms with E-state index >= 15 is 0 Å². The second-order valence-corrected chi connectivity index (χ2v) is 10.5. The molecule has 2 atom stereocenters. The van der Waals surface area contributed by atoms with Gasteiger partial charge in [0.15, 0.2) is 0 Å². The van der Waals surface area contributed by atoms with Gasteiger partial charge in [0.25, 0.3) is 0 Å². The maximum Gasteiger partial charge on any atom is 0.119 e. The largest absolute Gasteiger partial charge is 0.497 e. The molecule has 2 aliphatic rings. The molecule has 1 aliphatic heterocycles. The van der Waals surface area contributed by atoms with Crippen molar-refractivity contribution in [1.29, 1.82) is 0 Å². The van der Waals surface area contributed by atoms with E-state index in [4.69, 9.17) is 4.74 Å². The molecule has 0 spiro atoms. The Morgan fingerprint density at radius 1 is 1.00 bits per heavy atom. The molecule has 4 heteroatoms. The number of methoxy groups -OCH3 is 1. The van der Waals surface area contributed by atoms with Gasteiger partial charge >= 0.3 is 0 Å². The van der Waals surface area contributed by atoms with E-state index in [1.165, 1.54) is 38.9 Å². The Balaban J connectivity index is 1.41. The Morgan fingerprint density at radius 3 is 2.66 bits per heavy atom. The summed E-state index contributed by atoms with van der Waals surface area (Å²) in [5, 5.41) is 13.9. The highest BCUT2D eigenvalue weighted by atomic mass is 16.5. The average molecular weight is 467 g/mol. The monoisotopic (exact) mass is 466 g/mol. The quantitative estimate of drug-likeness (QED) is 0.425. The molecule has 0 bridgehead atoms. The number of likely N-dealkylation sites (tertiary alicyclic amines) is 1. The lowest BCUT2D eigenvalue weighted by Crippen LogP contribution is -2.66. The number of β-amino-alcohol motifs (C(OH)–C–C–N with tert-alkyl or cyclic N) is 1. The van der Waals surface area contributed by atoms with Crippen LogP contribution in [0.5, 0.6) is 5.75 Å². The number of rotatable bonds is 5. The highest BCUT2D eigenvalue weighted by molar-refractivity contribution is 5.88. The zero-order valence-corrected chi connectivity index (χ0v) is 20.7. The number of para-hydroxylation sites is 1. The normalized spacial score (nSPS) is 24.2. The van der Waals surface area contributed by atoms with Gasteiger partial charge in [0.1, 0.15) is 5.75 Å². The highest BCUT2D eigenvalue weighted by Crippen LogP contribution is 2.52. The summed E-state index contributed by atoms with van der Waals surface area (Å²) in [6.45, 7) is 4.77. The third-order valence-electron chi connectivity index (χ3n) is 8.60. The van der Waals surface area contributed by atoms with Crippen molar-refractivity contribution in [2.24, 2.45) is 0 Å². The number of benzene rings is 3. The zero-order chi connectivity index (χ0) is 24.0. The third-order valence-corrected chi connectivity index (χ3v) is 8.60. The number of aromatic nitrogens is 1. The lowest BCUT2D eigenvalue weighted by atomic mass is 9.56. The van der Waals surface area contributed by atoms with E-state index in [-0.39, 0.29) is 5.41 Å². The summed E-state index contributed by atoms with van der Waals surface area (Å²) < 4.78 is 5.60. The van der Waals surface area contributed by atoms with Crippen LogP contribution in [0.15, 0.2) is 72.8 Å². The molecule has 2 unspecified atom stereocenters. The first-order chi connectivity index (χ1) is 17.0. The van der Waals surface area contributed by atoms with Crippen molar-refractivity contribution in [3.63, 3.8) is 0 Å². The summed E-state index contributed by atoms with van der Waals surface area (Å²) in [5.74, 6) is 0.851. The van der Waals surface area contributed by atoms with Gasteiger partial charge in [-0.15, -0.1) is 0 Å². The number of hydrogen-bond donors (Lipinski definition) is 2. The van der Waals surface area contributed by atoms with Crippen LogP contribution in [0, 0.1) is 6.92 Å². The van der Waals surface area contributed by atoms with Crippen molar-refractivity contribution in [2.75, 3.05) is 26.7 Å². The number of hydrogen-bond acceptors (Lipinski definition) is 3. The molecule has 0 amide bonds. The summed E-state index contributed by atoms with van der Waals surface area (Å²) in [4.78, 5) is 6.23. The second-order valence-electron chi connectivity index (χ2n) is 10.5. The molecule has 35 heavy (non-hydrogen) atoms. The van der Waals surface area contributed by atoms with Crippen LogP contribution in [-0.4, -0.2) is 47.3 Å². The highest BCUT2D eigenvalue weighted by Gasteiger charge is 2.57. The summed E-state index contributed by atoms with van der Waals surface area (Å²) in [5.41, 5.74) is 6.35. The van der Waals surface area contributed by atoms with E-state index in [2.05, 4.69) is 83.5 Å². The number of aliphatic hydroxyl groups is 1. The van der Waals surface area contributed by atoms with Crippen LogP contribution in [0.25, 0.3) is 10.9 Å². The molecule has 4 aromatic rings. The number of H-pyrrole nitrogens is 1. The topological polar surface area (TPSA) is 48.5 Å². The minimum Gasteiger partial charge on any atom is -0.497 e. The standard InChI is InChI=1S/C31H34N2O2/c1-22-8-6-13-26-27-19-31(34)21-33(16-14-23-9-4-3-5-10-23)17-15-30(31,20-28(27)32-29(22)26)24-11-7-12-25(18-24)35-2/h3-13,18,32,34H,14-17,19-21H2,1-2H3. The summed E-state index contributed by atoms with van der Waals surface area (Å²) in [6.07, 6.45) is 3.39. The number of nitrogens with zero attached hydrogens (tertiary/aromatic N) is 1. The second kappa shape index (κ2) is 8.54. The predicted octanol–water partition coefficient (Wildman–Crippen LogP) is 5.20. The Labute approximate surface area is 207 Å². The molecule has 1 saturated heterocycles. The minimum absolute atomic E-state index is 0.355. The van der Waals surface area contributed by atoms with Gasteiger partial charge in [-0.05, 0) is 60.7 Å². The Bertz CT molecular complexity index is 1360. The van der Waals surface area contributed by atoms with Gasteiger partial charge in [-0.2, -0.15) is 0 Å². The van der Waals surface area contributed by atoms with Gasteiger partial charge in [-0.3, -0.25) is 0 Å². The summed E-state index contributed by atoms with van der Waals surface area (Å²) in [6, 6.07) is 25.6. The molecule has 0 radical (unpaired) electrons. The molecule has 1 aliphatic carbocycles. The SMILES string of the molecule is COc1cccc(C23CCN(CCc4ccccc4)CC2(O)Cc2c([nH]c4c(C)cccc24)C3)c1. The van der Waals surface area contributed by atoms with Gasteiger partial charge in [-0.1, -0.05) is 60.7 Å². The fourth-order valence-electron chi connectivity index (χ4n) is 6.64. The van der Waals surface area contributed by atoms with E-state index in [1.54, 1.807) is 7.11 Å². The van der Waals surface area contributed by atoms with Crippen molar-refractivity contribution in [1.82, 2.24) is 9.88 Å². The Morgan fingerprint density at radius 2 is 1.83 bits per heavy atom. The van der Waals surface area contributed by atoms with Crippen LogP contribution >= 0.6 is 0 Å². The van der Waals surface area contributed by atoms with Crippen LogP contribution < -0.4 is 4.74 Å². The molecular weight excluding hydrogens is 432 g/mol. The van der Waals surface area contributed by atoms with E-state index in [1.807, 2.05) is 6.07 Å². The minimum atomic E-state index is -0.861. The summed E-state index contributed by atoms with van der Waals surface area (Å²) >= 11 is 0. The van der Waals surface area contributed by atoms with Gasteiger partial charge in [-0.25, -0.2) is 0 Å². The molecule has 180 valence electrons. The van der Waals surface area contributed by atoms with Crippen molar-refractivity contribution in [3.8, 4) is 5.75 Å². The molecular formula is C31H34N2O2. The first kappa shape index (κ1) is 22.4. The first-order valence-corrected chi connectivity index (χ1v) is 12.7. The van der Waals surface area contributed by atoms with Crippen molar-refractivity contribution < 1.29 is 9.84 Å². The van der Waals surface area contributed by atoms with Gasteiger partial charge < -0.3 is 19.7 Å². The van der Waals surface area contributed by atoms with Crippen LogP contribution in [0.4, 0.5) is 0 Å². The number of aryl methyl sites for hydroxylation is 1. The molecule has 0 saturated carbocycles. The predicted molar refractivity (Wildman–Crippen MR) is 141 cm³/mol. The average Bonchev–Trinajstić information content (AvgIpc) is 3.24. The molecule has 2 N–H and O–H groups in total. The fraction of sp³-hybridized carbons (Fsp3) is 0.355. The fourth-order valence-corrected chi connectivity index (χ4v) is 6.64. The van der Waals surface area contributed by atoms with Crippen molar-refractivity contribution in [2.45, 2.75) is 43.6 Å². The molecule has 2 heterocycles. The Kier molecular flexibility index (Phi) is 5.46. The van der Waals surface area contributed by atoms with E-state index in [0.717, 1.165) is 38.1 Å². The number of nitrogens with one attached hydrogen (secondary N) is 1. The van der Waals surface area contributed by atoms with Gasteiger partial charge in [0.05, 0.1) is 12.7 Å². The Hall–Kier alpha value is -3.08. The lowest BCUT2D eigenvalue weighted by molar-refractivity contribution is -0.102. The van der Waals surface area contributed by atoms with Crippen LogP contribution in [0.3, 0.4) is 0 Å². The van der Waals surface area contributed by atoms with Crippen molar-refractivity contribution >= 4 is 10.9 Å². The van der Waals surface area contributed by atoms with Crippen LogP contribution in [-0.2, 0) is 24.7 Å². The number of aromatic amines is 1. The smallest absolute Gasteiger partial charge is 0.119 e. The lowest BCUT2D eigenvalue weighted by Gasteiger charge is -2.56. The number of piperidine rings is 1. The maximum atomic E-state index is 12.6. The van der Waals surface area contributed by atoms with Crippen LogP contribution in [0.1, 0.15) is 34.4 Å². The molecule has 1 fully saturated rings. The third kappa shape index (κ3) is 3.67.